The Bertz CT molecular complexity index is 494. The zero-order valence-corrected chi connectivity index (χ0v) is 11.3. The van der Waals surface area contributed by atoms with Crippen LogP contribution in [-0.2, 0) is 4.79 Å². The molecule has 0 bridgehead atoms. The summed E-state index contributed by atoms with van der Waals surface area (Å²) >= 11 is 0. The molecular formula is C14H18FN3O. The molecule has 0 radical (unpaired) electrons. The highest BCUT2D eigenvalue weighted by atomic mass is 19.1. The molecule has 5 heteroatoms. The van der Waals surface area contributed by atoms with E-state index in [-0.39, 0.29) is 17.2 Å². The fraction of sp³-hybridized carbons (Fsp3) is 0.429. The molecule has 1 aromatic carbocycles. The molecule has 0 aliphatic rings. The van der Waals surface area contributed by atoms with Crippen molar-refractivity contribution in [1.82, 2.24) is 5.32 Å². The summed E-state index contributed by atoms with van der Waals surface area (Å²) in [5, 5.41) is 14.2. The zero-order valence-electron chi connectivity index (χ0n) is 11.3. The maximum absolute atomic E-state index is 13.6. The van der Waals surface area contributed by atoms with Crippen LogP contribution in [0.25, 0.3) is 0 Å². The van der Waals surface area contributed by atoms with E-state index in [9.17, 15) is 9.18 Å². The Morgan fingerprint density at radius 3 is 2.63 bits per heavy atom. The fourth-order valence-electron chi connectivity index (χ4n) is 1.46. The van der Waals surface area contributed by atoms with Crippen molar-refractivity contribution < 1.29 is 9.18 Å². The average molecular weight is 263 g/mol. The van der Waals surface area contributed by atoms with E-state index in [1.54, 1.807) is 6.92 Å². The van der Waals surface area contributed by atoms with Crippen LogP contribution in [0.3, 0.4) is 0 Å². The molecule has 0 aliphatic carbocycles. The lowest BCUT2D eigenvalue weighted by atomic mass is 10.2. The van der Waals surface area contributed by atoms with Gasteiger partial charge < -0.3 is 10.6 Å². The minimum atomic E-state index is -0.541. The largest absolute Gasteiger partial charge is 0.372 e. The van der Waals surface area contributed by atoms with E-state index in [1.807, 2.05) is 19.9 Å². The van der Waals surface area contributed by atoms with Crippen LogP contribution < -0.4 is 10.6 Å². The Hall–Kier alpha value is -2.09. The minimum Gasteiger partial charge on any atom is -0.372 e. The summed E-state index contributed by atoms with van der Waals surface area (Å²) < 4.78 is 13.6. The molecule has 0 aliphatic heterocycles. The van der Waals surface area contributed by atoms with Crippen LogP contribution in [0.5, 0.6) is 0 Å². The molecule has 102 valence electrons. The van der Waals surface area contributed by atoms with Crippen molar-refractivity contribution in [2.75, 3.05) is 11.9 Å². The molecule has 1 aromatic rings. The summed E-state index contributed by atoms with van der Waals surface area (Å²) in [5.74, 6) is -0.359. The maximum atomic E-state index is 13.6. The molecule has 4 nitrogen and oxygen atoms in total. The van der Waals surface area contributed by atoms with Gasteiger partial charge in [0.15, 0.2) is 0 Å². The van der Waals surface area contributed by atoms with Crippen LogP contribution in [0, 0.1) is 23.1 Å². The summed E-state index contributed by atoms with van der Waals surface area (Å²) in [6.45, 7) is 6.24. The number of amides is 1. The summed E-state index contributed by atoms with van der Waals surface area (Å²) in [4.78, 5) is 11.7. The van der Waals surface area contributed by atoms with Crippen LogP contribution in [0.4, 0.5) is 10.1 Å². The third-order valence-electron chi connectivity index (χ3n) is 2.55. The highest BCUT2D eigenvalue weighted by molar-refractivity contribution is 5.84. The molecule has 0 saturated heterocycles. The predicted octanol–water partition coefficient (Wildman–Crippen LogP) is 2.27. The normalized spacial score (nSPS) is 11.8. The van der Waals surface area contributed by atoms with Crippen molar-refractivity contribution in [1.29, 1.82) is 5.26 Å². The van der Waals surface area contributed by atoms with E-state index in [0.29, 0.717) is 12.5 Å². The third-order valence-corrected chi connectivity index (χ3v) is 2.55. The Kier molecular flexibility index (Phi) is 5.31. The summed E-state index contributed by atoms with van der Waals surface area (Å²) in [7, 11) is 0. The Balaban J connectivity index is 2.64. The number of anilines is 1. The van der Waals surface area contributed by atoms with Crippen molar-refractivity contribution in [3.05, 3.63) is 29.6 Å². The number of nitriles is 1. The first-order valence-corrected chi connectivity index (χ1v) is 6.18. The van der Waals surface area contributed by atoms with E-state index in [4.69, 9.17) is 5.26 Å². The van der Waals surface area contributed by atoms with Crippen molar-refractivity contribution in [3.8, 4) is 6.07 Å². The Morgan fingerprint density at radius 1 is 1.42 bits per heavy atom. The first-order valence-electron chi connectivity index (χ1n) is 6.18. The molecule has 1 unspecified atom stereocenters. The number of halogens is 1. The second kappa shape index (κ2) is 6.74. The number of carbonyl (C=O) groups excluding carboxylic acids is 1. The molecule has 0 heterocycles. The van der Waals surface area contributed by atoms with Crippen LogP contribution in [-0.4, -0.2) is 18.5 Å². The first kappa shape index (κ1) is 15.0. The van der Waals surface area contributed by atoms with Gasteiger partial charge in [-0.1, -0.05) is 13.8 Å². The lowest BCUT2D eigenvalue weighted by Gasteiger charge is -2.16. The van der Waals surface area contributed by atoms with Gasteiger partial charge in [-0.3, -0.25) is 4.79 Å². The summed E-state index contributed by atoms with van der Waals surface area (Å²) in [6.07, 6.45) is 0. The SMILES string of the molecule is CC(C)CNC(=O)C(C)Nc1ccc(C#N)cc1F. The van der Waals surface area contributed by atoms with Crippen LogP contribution in [0.15, 0.2) is 18.2 Å². The molecule has 0 fully saturated rings. The lowest BCUT2D eigenvalue weighted by Crippen LogP contribution is -2.39. The number of rotatable bonds is 5. The molecule has 1 amide bonds. The molecule has 0 aromatic heterocycles. The summed E-state index contributed by atoms with van der Waals surface area (Å²) in [5.41, 5.74) is 0.464. The van der Waals surface area contributed by atoms with Crippen LogP contribution in [0.1, 0.15) is 26.3 Å². The monoisotopic (exact) mass is 263 g/mol. The molecule has 0 saturated carbocycles. The van der Waals surface area contributed by atoms with Gasteiger partial charge in [0, 0.05) is 6.54 Å². The van der Waals surface area contributed by atoms with Crippen LogP contribution in [0.2, 0.25) is 0 Å². The first-order chi connectivity index (χ1) is 8.93. The highest BCUT2D eigenvalue weighted by Crippen LogP contribution is 2.16. The van der Waals surface area contributed by atoms with Gasteiger partial charge in [0.1, 0.15) is 11.9 Å². The van der Waals surface area contributed by atoms with Gasteiger partial charge >= 0.3 is 0 Å². The van der Waals surface area contributed by atoms with E-state index >= 15 is 0 Å². The van der Waals surface area contributed by atoms with E-state index in [2.05, 4.69) is 10.6 Å². The van der Waals surface area contributed by atoms with E-state index in [0.717, 1.165) is 6.07 Å². The Labute approximate surface area is 112 Å². The third kappa shape index (κ3) is 4.59. The maximum Gasteiger partial charge on any atom is 0.242 e. The number of nitrogens with one attached hydrogen (secondary N) is 2. The predicted molar refractivity (Wildman–Crippen MR) is 72.0 cm³/mol. The number of hydrogen-bond acceptors (Lipinski definition) is 3. The smallest absolute Gasteiger partial charge is 0.242 e. The van der Waals surface area contributed by atoms with Gasteiger partial charge in [0.2, 0.25) is 5.91 Å². The molecule has 1 atom stereocenters. The molecule has 19 heavy (non-hydrogen) atoms. The molecule has 2 N–H and O–H groups in total. The number of benzene rings is 1. The van der Waals surface area contributed by atoms with Gasteiger partial charge in [-0.2, -0.15) is 5.26 Å². The second-order valence-electron chi connectivity index (χ2n) is 4.81. The Morgan fingerprint density at radius 2 is 2.11 bits per heavy atom. The number of nitrogens with zero attached hydrogens (tertiary/aromatic N) is 1. The highest BCUT2D eigenvalue weighted by Gasteiger charge is 2.14. The van der Waals surface area contributed by atoms with Gasteiger partial charge in [-0.15, -0.1) is 0 Å². The van der Waals surface area contributed by atoms with Gasteiger partial charge in [0.25, 0.3) is 0 Å². The number of hydrogen-bond donors (Lipinski definition) is 2. The average Bonchev–Trinajstić information content (AvgIpc) is 2.37. The fourth-order valence-corrected chi connectivity index (χ4v) is 1.46. The van der Waals surface area contributed by atoms with E-state index < -0.39 is 11.9 Å². The topological polar surface area (TPSA) is 64.9 Å². The standard InChI is InChI=1S/C14H18FN3O/c1-9(2)8-17-14(19)10(3)18-13-5-4-11(7-16)6-12(13)15/h4-6,9-10,18H,8H2,1-3H3,(H,17,19). The molecule has 0 spiro atoms. The second-order valence-corrected chi connectivity index (χ2v) is 4.81. The van der Waals surface area contributed by atoms with E-state index in [1.165, 1.54) is 12.1 Å². The van der Waals surface area contributed by atoms with Crippen molar-refractivity contribution in [2.45, 2.75) is 26.8 Å². The van der Waals surface area contributed by atoms with Crippen molar-refractivity contribution in [3.63, 3.8) is 0 Å². The zero-order chi connectivity index (χ0) is 14.4. The van der Waals surface area contributed by atoms with Gasteiger partial charge in [-0.05, 0) is 31.0 Å². The molecular weight excluding hydrogens is 245 g/mol. The number of carbonyl (C=O) groups is 1. The minimum absolute atomic E-state index is 0.183. The summed E-state index contributed by atoms with van der Waals surface area (Å²) in [6, 6.07) is 5.42. The van der Waals surface area contributed by atoms with Crippen molar-refractivity contribution in [2.24, 2.45) is 5.92 Å². The molecule has 1 rings (SSSR count). The van der Waals surface area contributed by atoms with Crippen LogP contribution >= 0.6 is 0 Å². The van der Waals surface area contributed by atoms with Gasteiger partial charge in [0.05, 0.1) is 17.3 Å². The van der Waals surface area contributed by atoms with Gasteiger partial charge in [-0.25, -0.2) is 4.39 Å². The lowest BCUT2D eigenvalue weighted by molar-refractivity contribution is -0.121. The quantitative estimate of drug-likeness (QED) is 0.856. The van der Waals surface area contributed by atoms with Crippen molar-refractivity contribution >= 4 is 11.6 Å².